The Kier molecular flexibility index (Phi) is 8.75. The van der Waals surface area contributed by atoms with Gasteiger partial charge in [0.2, 0.25) is 0 Å². The Balaban J connectivity index is 0.00000242. The number of aryl methyl sites for hydroxylation is 1. The summed E-state index contributed by atoms with van der Waals surface area (Å²) in [6.45, 7) is 5.24. The van der Waals surface area contributed by atoms with Crippen molar-refractivity contribution in [2.24, 2.45) is 10.9 Å². The van der Waals surface area contributed by atoms with Crippen LogP contribution in [0.4, 0.5) is 0 Å². The molecule has 1 aliphatic rings. The topological polar surface area (TPSA) is 49.3 Å². The second-order valence-corrected chi connectivity index (χ2v) is 6.17. The molecule has 2 atom stereocenters. The first-order chi connectivity index (χ1) is 10.2. The van der Waals surface area contributed by atoms with E-state index < -0.39 is 0 Å². The molecule has 4 nitrogen and oxygen atoms in total. The smallest absolute Gasteiger partial charge is 0.191 e. The van der Waals surface area contributed by atoms with Crippen molar-refractivity contribution < 1.29 is 0 Å². The molecule has 5 heteroatoms. The normalized spacial score (nSPS) is 21.9. The maximum absolute atomic E-state index is 4.33. The van der Waals surface area contributed by atoms with Crippen LogP contribution in [0.5, 0.6) is 0 Å². The predicted octanol–water partition coefficient (Wildman–Crippen LogP) is 3.29. The summed E-state index contributed by atoms with van der Waals surface area (Å²) in [6, 6.07) is 4.77. The fourth-order valence-corrected chi connectivity index (χ4v) is 2.92. The monoisotopic (exact) mass is 416 g/mol. The van der Waals surface area contributed by atoms with Crippen LogP contribution in [0.1, 0.15) is 43.9 Å². The quantitative estimate of drug-likeness (QED) is 0.450. The molecule has 124 valence electrons. The van der Waals surface area contributed by atoms with Gasteiger partial charge in [-0.1, -0.05) is 25.8 Å². The van der Waals surface area contributed by atoms with Gasteiger partial charge in [-0.15, -0.1) is 24.0 Å². The van der Waals surface area contributed by atoms with Gasteiger partial charge >= 0.3 is 0 Å². The van der Waals surface area contributed by atoms with Crippen LogP contribution in [0.15, 0.2) is 23.3 Å². The van der Waals surface area contributed by atoms with E-state index in [0.717, 1.165) is 30.5 Å². The number of guanidine groups is 1. The molecule has 1 heterocycles. The Morgan fingerprint density at radius 1 is 1.36 bits per heavy atom. The molecule has 0 aliphatic heterocycles. The third-order valence-electron chi connectivity index (χ3n) is 4.18. The van der Waals surface area contributed by atoms with Crippen LogP contribution in [-0.4, -0.2) is 30.6 Å². The summed E-state index contributed by atoms with van der Waals surface area (Å²) in [7, 11) is 1.84. The molecule has 2 unspecified atom stereocenters. The Bertz CT molecular complexity index is 458. The van der Waals surface area contributed by atoms with E-state index in [4.69, 9.17) is 0 Å². The fourth-order valence-electron chi connectivity index (χ4n) is 2.92. The van der Waals surface area contributed by atoms with Crippen molar-refractivity contribution in [3.63, 3.8) is 0 Å². The lowest BCUT2D eigenvalue weighted by Gasteiger charge is -2.28. The van der Waals surface area contributed by atoms with E-state index in [0.29, 0.717) is 6.04 Å². The SMILES string of the molecule is CN=C(NCCc1ccc(C)nc1)NC1CCCC(C)C1.I. The molecule has 1 aromatic heterocycles. The van der Waals surface area contributed by atoms with Crippen LogP contribution in [0.3, 0.4) is 0 Å². The molecule has 0 radical (unpaired) electrons. The van der Waals surface area contributed by atoms with Gasteiger partial charge in [0.05, 0.1) is 0 Å². The number of pyridine rings is 1. The van der Waals surface area contributed by atoms with Crippen molar-refractivity contribution in [3.05, 3.63) is 29.6 Å². The van der Waals surface area contributed by atoms with Crippen LogP contribution < -0.4 is 10.6 Å². The van der Waals surface area contributed by atoms with Gasteiger partial charge in [-0.3, -0.25) is 9.98 Å². The predicted molar refractivity (Wildman–Crippen MR) is 104 cm³/mol. The number of aliphatic imine (C=N–C) groups is 1. The average Bonchev–Trinajstić information content (AvgIpc) is 2.48. The van der Waals surface area contributed by atoms with Crippen molar-refractivity contribution in [1.82, 2.24) is 15.6 Å². The Hall–Kier alpha value is -0.850. The number of hydrogen-bond donors (Lipinski definition) is 2. The standard InChI is InChI=1S/C17H28N4.HI/c1-13-5-4-6-16(11-13)21-17(18-3)19-10-9-15-8-7-14(2)20-12-15;/h7-8,12-13,16H,4-6,9-11H2,1-3H3,(H2,18,19,21);1H. The minimum atomic E-state index is 0. The van der Waals surface area contributed by atoms with Gasteiger partial charge in [0, 0.05) is 31.5 Å². The van der Waals surface area contributed by atoms with E-state index in [1.165, 1.54) is 31.2 Å². The van der Waals surface area contributed by atoms with Gasteiger partial charge in [-0.2, -0.15) is 0 Å². The molecule has 2 N–H and O–H groups in total. The highest BCUT2D eigenvalue weighted by atomic mass is 127. The van der Waals surface area contributed by atoms with Gasteiger partial charge in [0.25, 0.3) is 0 Å². The van der Waals surface area contributed by atoms with E-state index in [9.17, 15) is 0 Å². The van der Waals surface area contributed by atoms with Crippen molar-refractivity contribution >= 4 is 29.9 Å². The molecule has 1 aliphatic carbocycles. The Morgan fingerprint density at radius 3 is 2.82 bits per heavy atom. The second kappa shape index (κ2) is 10.0. The molecule has 0 amide bonds. The molecule has 22 heavy (non-hydrogen) atoms. The van der Waals surface area contributed by atoms with Crippen LogP contribution in [-0.2, 0) is 6.42 Å². The summed E-state index contributed by atoms with van der Waals surface area (Å²) in [4.78, 5) is 8.66. The fraction of sp³-hybridized carbons (Fsp3) is 0.647. The van der Waals surface area contributed by atoms with Gasteiger partial charge in [0.15, 0.2) is 5.96 Å². The van der Waals surface area contributed by atoms with Gasteiger partial charge < -0.3 is 10.6 Å². The lowest BCUT2D eigenvalue weighted by Crippen LogP contribution is -2.45. The summed E-state index contributed by atoms with van der Waals surface area (Å²) in [5, 5.41) is 6.96. The molecule has 0 aromatic carbocycles. The zero-order valence-corrected chi connectivity index (χ0v) is 16.3. The van der Waals surface area contributed by atoms with Gasteiger partial charge in [-0.05, 0) is 43.7 Å². The lowest BCUT2D eigenvalue weighted by atomic mass is 9.87. The Labute approximate surface area is 151 Å². The molecule has 0 spiro atoms. The number of hydrogen-bond acceptors (Lipinski definition) is 2. The minimum Gasteiger partial charge on any atom is -0.356 e. The summed E-state index contributed by atoms with van der Waals surface area (Å²) in [5.74, 6) is 1.75. The summed E-state index contributed by atoms with van der Waals surface area (Å²) in [5.41, 5.74) is 2.32. The van der Waals surface area contributed by atoms with Crippen LogP contribution in [0, 0.1) is 12.8 Å². The number of aromatic nitrogens is 1. The van der Waals surface area contributed by atoms with Crippen LogP contribution in [0.2, 0.25) is 0 Å². The summed E-state index contributed by atoms with van der Waals surface area (Å²) >= 11 is 0. The third kappa shape index (κ3) is 6.50. The first-order valence-electron chi connectivity index (χ1n) is 8.06. The van der Waals surface area contributed by atoms with Gasteiger partial charge in [-0.25, -0.2) is 0 Å². The van der Waals surface area contributed by atoms with Crippen LogP contribution >= 0.6 is 24.0 Å². The lowest BCUT2D eigenvalue weighted by molar-refractivity contribution is 0.324. The highest BCUT2D eigenvalue weighted by molar-refractivity contribution is 14.0. The number of nitrogens with one attached hydrogen (secondary N) is 2. The summed E-state index contributed by atoms with van der Waals surface area (Å²) in [6.07, 6.45) is 8.12. The molecule has 2 rings (SSSR count). The molecule has 0 saturated heterocycles. The van der Waals surface area contributed by atoms with Crippen molar-refractivity contribution in [1.29, 1.82) is 0 Å². The molecule has 1 fully saturated rings. The molecule has 0 bridgehead atoms. The van der Waals surface area contributed by atoms with E-state index in [2.05, 4.69) is 39.7 Å². The number of halogens is 1. The first kappa shape index (κ1) is 19.2. The number of nitrogens with zero attached hydrogens (tertiary/aromatic N) is 2. The largest absolute Gasteiger partial charge is 0.356 e. The zero-order valence-electron chi connectivity index (χ0n) is 13.9. The minimum absolute atomic E-state index is 0. The van der Waals surface area contributed by atoms with Crippen LogP contribution in [0.25, 0.3) is 0 Å². The van der Waals surface area contributed by atoms with E-state index in [-0.39, 0.29) is 24.0 Å². The van der Waals surface area contributed by atoms with E-state index >= 15 is 0 Å². The maximum atomic E-state index is 4.33. The van der Waals surface area contributed by atoms with E-state index in [1.807, 2.05) is 20.2 Å². The molecule has 1 saturated carbocycles. The van der Waals surface area contributed by atoms with E-state index in [1.54, 1.807) is 0 Å². The molecule has 1 aromatic rings. The highest BCUT2D eigenvalue weighted by Crippen LogP contribution is 2.23. The maximum Gasteiger partial charge on any atom is 0.191 e. The van der Waals surface area contributed by atoms with Crippen molar-refractivity contribution in [2.75, 3.05) is 13.6 Å². The average molecular weight is 416 g/mol. The number of rotatable bonds is 4. The third-order valence-corrected chi connectivity index (χ3v) is 4.18. The van der Waals surface area contributed by atoms with Crippen molar-refractivity contribution in [2.45, 2.75) is 52.0 Å². The molecular weight excluding hydrogens is 387 g/mol. The molecular formula is C17H29IN4. The highest BCUT2D eigenvalue weighted by Gasteiger charge is 2.19. The summed E-state index contributed by atoms with van der Waals surface area (Å²) < 4.78 is 0. The zero-order chi connectivity index (χ0) is 15.1. The Morgan fingerprint density at radius 2 is 2.18 bits per heavy atom. The second-order valence-electron chi connectivity index (χ2n) is 6.17. The van der Waals surface area contributed by atoms with Gasteiger partial charge in [0.1, 0.15) is 0 Å². The van der Waals surface area contributed by atoms with Crippen molar-refractivity contribution in [3.8, 4) is 0 Å². The first-order valence-corrected chi connectivity index (χ1v) is 8.06.